The van der Waals surface area contributed by atoms with Crippen LogP contribution in [-0.4, -0.2) is 18.7 Å². The molecular formula is C10H12BrNO2. The summed E-state index contributed by atoms with van der Waals surface area (Å²) in [6.07, 6.45) is 4.25. The highest BCUT2D eigenvalue weighted by molar-refractivity contribution is 9.10. The van der Waals surface area contributed by atoms with Crippen LogP contribution in [0.3, 0.4) is 0 Å². The Morgan fingerprint density at radius 3 is 3.00 bits per heavy atom. The van der Waals surface area contributed by atoms with Gasteiger partial charge in [-0.15, -0.1) is 0 Å². The van der Waals surface area contributed by atoms with Crippen molar-refractivity contribution < 1.29 is 9.47 Å². The minimum atomic E-state index is 0.578. The third-order valence-corrected chi connectivity index (χ3v) is 2.81. The number of pyridine rings is 1. The van der Waals surface area contributed by atoms with Crippen LogP contribution in [0, 0.1) is 5.92 Å². The topological polar surface area (TPSA) is 31.4 Å². The maximum absolute atomic E-state index is 5.57. The van der Waals surface area contributed by atoms with E-state index in [9.17, 15) is 0 Å². The van der Waals surface area contributed by atoms with Gasteiger partial charge in [-0.05, 0) is 40.8 Å². The van der Waals surface area contributed by atoms with Crippen LogP contribution in [0.5, 0.6) is 11.6 Å². The number of halogens is 1. The van der Waals surface area contributed by atoms with E-state index in [0.29, 0.717) is 11.6 Å². The second-order valence-electron chi connectivity index (χ2n) is 3.39. The van der Waals surface area contributed by atoms with Crippen molar-refractivity contribution in [3.63, 3.8) is 0 Å². The molecule has 1 heterocycles. The molecule has 0 aromatic carbocycles. The van der Waals surface area contributed by atoms with Gasteiger partial charge in [0.2, 0.25) is 0 Å². The van der Waals surface area contributed by atoms with E-state index in [1.54, 1.807) is 13.3 Å². The Morgan fingerprint density at radius 1 is 1.57 bits per heavy atom. The van der Waals surface area contributed by atoms with Crippen molar-refractivity contribution in [2.45, 2.75) is 12.8 Å². The number of methoxy groups -OCH3 is 1. The standard InChI is InChI=1S/C10H12BrNO2/c1-13-9-8(11)4-5-12-10(9)14-6-7-2-3-7/h4-5,7H,2-3,6H2,1H3. The Morgan fingerprint density at radius 2 is 2.36 bits per heavy atom. The van der Waals surface area contributed by atoms with Crippen molar-refractivity contribution >= 4 is 15.9 Å². The number of aromatic nitrogens is 1. The van der Waals surface area contributed by atoms with Gasteiger partial charge in [-0.25, -0.2) is 4.98 Å². The Hall–Kier alpha value is -0.770. The Bertz CT molecular complexity index is 326. The van der Waals surface area contributed by atoms with Gasteiger partial charge in [0.05, 0.1) is 18.2 Å². The second-order valence-corrected chi connectivity index (χ2v) is 4.24. The van der Waals surface area contributed by atoms with E-state index in [1.165, 1.54) is 12.8 Å². The van der Waals surface area contributed by atoms with Gasteiger partial charge in [-0.3, -0.25) is 0 Å². The fourth-order valence-corrected chi connectivity index (χ4v) is 1.63. The van der Waals surface area contributed by atoms with Crippen LogP contribution in [0.2, 0.25) is 0 Å². The second kappa shape index (κ2) is 4.17. The fourth-order valence-electron chi connectivity index (χ4n) is 1.18. The smallest absolute Gasteiger partial charge is 0.258 e. The van der Waals surface area contributed by atoms with Gasteiger partial charge in [-0.2, -0.15) is 0 Å². The molecule has 1 fully saturated rings. The lowest BCUT2D eigenvalue weighted by Gasteiger charge is -2.09. The largest absolute Gasteiger partial charge is 0.490 e. The van der Waals surface area contributed by atoms with Gasteiger partial charge in [0.25, 0.3) is 5.88 Å². The van der Waals surface area contributed by atoms with Crippen LogP contribution in [-0.2, 0) is 0 Å². The molecule has 76 valence electrons. The molecule has 3 nitrogen and oxygen atoms in total. The Labute approximate surface area is 91.6 Å². The van der Waals surface area contributed by atoms with Crippen molar-refractivity contribution in [2.75, 3.05) is 13.7 Å². The van der Waals surface area contributed by atoms with Crippen LogP contribution >= 0.6 is 15.9 Å². The van der Waals surface area contributed by atoms with E-state index in [2.05, 4.69) is 20.9 Å². The molecule has 0 radical (unpaired) electrons. The molecule has 0 aliphatic heterocycles. The molecule has 1 aliphatic rings. The summed E-state index contributed by atoms with van der Waals surface area (Å²) in [6, 6.07) is 1.84. The van der Waals surface area contributed by atoms with Gasteiger partial charge in [0.15, 0.2) is 5.75 Å². The van der Waals surface area contributed by atoms with Crippen molar-refractivity contribution in [3.05, 3.63) is 16.7 Å². The predicted octanol–water partition coefficient (Wildman–Crippen LogP) is 2.64. The molecule has 4 heteroatoms. The summed E-state index contributed by atoms with van der Waals surface area (Å²) < 4.78 is 11.6. The monoisotopic (exact) mass is 257 g/mol. The average Bonchev–Trinajstić information content (AvgIpc) is 2.98. The quantitative estimate of drug-likeness (QED) is 0.831. The summed E-state index contributed by atoms with van der Waals surface area (Å²) in [5.41, 5.74) is 0. The zero-order chi connectivity index (χ0) is 9.97. The molecule has 2 rings (SSSR count). The summed E-state index contributed by atoms with van der Waals surface area (Å²) in [6.45, 7) is 0.750. The maximum Gasteiger partial charge on any atom is 0.258 e. The van der Waals surface area contributed by atoms with Crippen LogP contribution in [0.1, 0.15) is 12.8 Å². The van der Waals surface area contributed by atoms with Crippen molar-refractivity contribution in [2.24, 2.45) is 5.92 Å². The molecule has 0 N–H and O–H groups in total. The lowest BCUT2D eigenvalue weighted by atomic mass is 10.4. The molecule has 0 spiro atoms. The number of ether oxygens (including phenoxy) is 2. The lowest BCUT2D eigenvalue weighted by Crippen LogP contribution is -2.02. The maximum atomic E-state index is 5.57. The van der Waals surface area contributed by atoms with Crippen molar-refractivity contribution in [1.29, 1.82) is 0 Å². The number of hydrogen-bond acceptors (Lipinski definition) is 3. The zero-order valence-electron chi connectivity index (χ0n) is 8.00. The Kier molecular flexibility index (Phi) is 2.91. The molecule has 1 aromatic rings. The summed E-state index contributed by atoms with van der Waals surface area (Å²) in [5.74, 6) is 1.97. The fraction of sp³-hybridized carbons (Fsp3) is 0.500. The van der Waals surface area contributed by atoms with Crippen LogP contribution in [0.4, 0.5) is 0 Å². The van der Waals surface area contributed by atoms with Crippen LogP contribution in [0.25, 0.3) is 0 Å². The highest BCUT2D eigenvalue weighted by atomic mass is 79.9. The zero-order valence-corrected chi connectivity index (χ0v) is 9.58. The van der Waals surface area contributed by atoms with Gasteiger partial charge in [0, 0.05) is 6.20 Å². The van der Waals surface area contributed by atoms with Crippen molar-refractivity contribution in [3.8, 4) is 11.6 Å². The van der Waals surface area contributed by atoms with E-state index in [-0.39, 0.29) is 0 Å². The highest BCUT2D eigenvalue weighted by Gasteiger charge is 2.23. The molecule has 1 aromatic heterocycles. The first kappa shape index (κ1) is 9.77. The third kappa shape index (κ3) is 2.18. The summed E-state index contributed by atoms with van der Waals surface area (Å²) in [5, 5.41) is 0. The highest BCUT2D eigenvalue weighted by Crippen LogP contribution is 2.35. The average molecular weight is 258 g/mol. The SMILES string of the molecule is COc1c(Br)ccnc1OCC1CC1. The van der Waals surface area contributed by atoms with E-state index in [1.807, 2.05) is 6.07 Å². The van der Waals surface area contributed by atoms with Crippen molar-refractivity contribution in [1.82, 2.24) is 4.98 Å². The molecule has 14 heavy (non-hydrogen) atoms. The normalized spacial score (nSPS) is 15.3. The third-order valence-electron chi connectivity index (χ3n) is 2.18. The van der Waals surface area contributed by atoms with Gasteiger partial charge in [-0.1, -0.05) is 0 Å². The minimum absolute atomic E-state index is 0.578. The molecule has 1 saturated carbocycles. The molecule has 0 saturated heterocycles. The summed E-state index contributed by atoms with van der Waals surface area (Å²) in [4.78, 5) is 4.13. The van der Waals surface area contributed by atoms with Crippen LogP contribution < -0.4 is 9.47 Å². The number of nitrogens with zero attached hydrogens (tertiary/aromatic N) is 1. The molecular weight excluding hydrogens is 246 g/mol. The molecule has 0 atom stereocenters. The summed E-state index contributed by atoms with van der Waals surface area (Å²) in [7, 11) is 1.62. The molecule has 0 bridgehead atoms. The molecule has 0 unspecified atom stereocenters. The summed E-state index contributed by atoms with van der Waals surface area (Å²) >= 11 is 3.38. The minimum Gasteiger partial charge on any atom is -0.490 e. The van der Waals surface area contributed by atoms with Gasteiger partial charge < -0.3 is 9.47 Å². The Balaban J connectivity index is 2.09. The molecule has 0 amide bonds. The van der Waals surface area contributed by atoms with E-state index >= 15 is 0 Å². The van der Waals surface area contributed by atoms with Gasteiger partial charge in [0.1, 0.15) is 0 Å². The van der Waals surface area contributed by atoms with E-state index < -0.39 is 0 Å². The lowest BCUT2D eigenvalue weighted by molar-refractivity contribution is 0.268. The number of rotatable bonds is 4. The van der Waals surface area contributed by atoms with Crippen LogP contribution in [0.15, 0.2) is 16.7 Å². The first-order chi connectivity index (χ1) is 6.81. The first-order valence-corrected chi connectivity index (χ1v) is 5.42. The first-order valence-electron chi connectivity index (χ1n) is 4.62. The van der Waals surface area contributed by atoms with E-state index in [4.69, 9.17) is 9.47 Å². The van der Waals surface area contributed by atoms with Gasteiger partial charge >= 0.3 is 0 Å². The van der Waals surface area contributed by atoms with E-state index in [0.717, 1.165) is 17.0 Å². The molecule has 1 aliphatic carbocycles. The number of hydrogen-bond donors (Lipinski definition) is 0. The predicted molar refractivity (Wildman–Crippen MR) is 56.7 cm³/mol.